The first kappa shape index (κ1) is 36.7. The van der Waals surface area contributed by atoms with Crippen LogP contribution in [0.4, 0.5) is 35.1 Å². The van der Waals surface area contributed by atoms with E-state index in [-0.39, 0.29) is 5.82 Å². The maximum absolute atomic E-state index is 12.4. The number of halogens is 8. The van der Waals surface area contributed by atoms with Gasteiger partial charge in [0.2, 0.25) is 5.82 Å². The van der Waals surface area contributed by atoms with Gasteiger partial charge in [0.25, 0.3) is 0 Å². The Balaban J connectivity index is -0.000000402. The second-order valence-electron chi connectivity index (χ2n) is 5.81. The fraction of sp³-hybridized carbons (Fsp3) is 0.333. The van der Waals surface area contributed by atoms with Crippen molar-refractivity contribution in [2.75, 3.05) is 0 Å². The summed E-state index contributed by atoms with van der Waals surface area (Å²) in [6.45, 7) is 16.1. The van der Waals surface area contributed by atoms with Crippen molar-refractivity contribution in [2.24, 2.45) is 0 Å². The van der Waals surface area contributed by atoms with E-state index < -0.39 is 46.3 Å². The lowest BCUT2D eigenvalue weighted by molar-refractivity contribution is 0.373. The molecule has 0 nitrogen and oxygen atoms in total. The summed E-state index contributed by atoms with van der Waals surface area (Å²) >= 11 is 0. The van der Waals surface area contributed by atoms with Crippen LogP contribution in [0.3, 0.4) is 0 Å². The summed E-state index contributed by atoms with van der Waals surface area (Å²) in [6, 6.07) is 10.8. The second kappa shape index (κ2) is 20.5. The lowest BCUT2D eigenvalue weighted by Gasteiger charge is -2.02. The summed E-state index contributed by atoms with van der Waals surface area (Å²) in [6.07, 6.45) is 0. The minimum absolute atomic E-state index is 0.132. The van der Waals surface area contributed by atoms with Gasteiger partial charge < -0.3 is 0 Å². The Hall–Kier alpha value is -2.90. The fourth-order valence-corrected chi connectivity index (χ4v) is 1.88. The van der Waals surface area contributed by atoms with E-state index in [4.69, 9.17) is 0 Å². The molecule has 0 aliphatic rings. The Kier molecular flexibility index (Phi) is 21.4. The Labute approximate surface area is 203 Å². The quantitative estimate of drug-likeness (QED) is 0.160. The molecule has 0 amide bonds. The average molecular weight is 511 g/mol. The first-order valence-corrected chi connectivity index (χ1v) is 11.1. The Morgan fingerprint density at radius 3 is 1.03 bits per heavy atom. The molecule has 0 heterocycles. The number of rotatable bonds is 0. The van der Waals surface area contributed by atoms with Gasteiger partial charge in [-0.3, -0.25) is 0 Å². The third kappa shape index (κ3) is 12.4. The van der Waals surface area contributed by atoms with E-state index in [9.17, 15) is 35.1 Å². The Morgan fingerprint density at radius 1 is 0.371 bits per heavy atom. The van der Waals surface area contributed by atoms with E-state index in [0.29, 0.717) is 11.1 Å². The van der Waals surface area contributed by atoms with Crippen LogP contribution < -0.4 is 0 Å². The predicted octanol–water partition coefficient (Wildman–Crippen LogP) is 10.2. The zero-order valence-electron chi connectivity index (χ0n) is 21.6. The molecule has 0 unspecified atom stereocenters. The monoisotopic (exact) mass is 510 g/mol. The predicted molar refractivity (Wildman–Crippen MR) is 127 cm³/mol. The normalized spacial score (nSPS) is 8.71. The fourth-order valence-electron chi connectivity index (χ4n) is 1.88. The molecule has 0 aromatic heterocycles. The molecule has 0 bridgehead atoms. The summed E-state index contributed by atoms with van der Waals surface area (Å²) in [5.74, 6) is -11.2. The molecule has 0 fully saturated rings. The molecule has 3 aromatic carbocycles. The van der Waals surface area contributed by atoms with Crippen molar-refractivity contribution in [3.63, 3.8) is 0 Å². The van der Waals surface area contributed by atoms with Crippen molar-refractivity contribution in [3.05, 3.63) is 106 Å². The van der Waals surface area contributed by atoms with Crippen LogP contribution in [-0.4, -0.2) is 0 Å². The molecule has 0 aliphatic carbocycles. The van der Waals surface area contributed by atoms with Crippen LogP contribution in [0.5, 0.6) is 0 Å². The van der Waals surface area contributed by atoms with Crippen molar-refractivity contribution < 1.29 is 35.1 Å². The minimum Gasteiger partial charge on any atom is -0.207 e. The van der Waals surface area contributed by atoms with Crippen molar-refractivity contribution >= 4 is 0 Å². The smallest absolute Gasteiger partial charge is 0.200 e. The van der Waals surface area contributed by atoms with Crippen LogP contribution in [0.25, 0.3) is 0 Å². The van der Waals surface area contributed by atoms with Crippen molar-refractivity contribution in [2.45, 2.75) is 62.3 Å². The summed E-state index contributed by atoms with van der Waals surface area (Å²) in [5.41, 5.74) is 0.175. The standard InChI is InChI=1S/C7H3F5.C7H6F2.C7H7F.3C2H6/c1-2-3(8)5(10)7(12)6(11)4(2)9;1-5-3-2-4-6(8)7(5)9;1-6-4-2-3-5-7(6)8;3*1-2/h1H3;2-4H,1H3;2-5H,1H3;3*1-2H3. The summed E-state index contributed by atoms with van der Waals surface area (Å²) in [5, 5.41) is 0. The highest BCUT2D eigenvalue weighted by molar-refractivity contribution is 5.22. The molecule has 0 spiro atoms. The van der Waals surface area contributed by atoms with Crippen LogP contribution >= 0.6 is 0 Å². The maximum Gasteiger partial charge on any atom is 0.200 e. The van der Waals surface area contributed by atoms with Gasteiger partial charge in [-0.1, -0.05) is 71.9 Å². The van der Waals surface area contributed by atoms with E-state index in [1.165, 1.54) is 25.1 Å². The number of aryl methyl sites for hydroxylation is 2. The lowest BCUT2D eigenvalue weighted by atomic mass is 10.2. The van der Waals surface area contributed by atoms with Gasteiger partial charge in [0, 0.05) is 5.56 Å². The third-order valence-electron chi connectivity index (χ3n) is 3.65. The molecule has 0 saturated carbocycles. The maximum atomic E-state index is 12.4. The third-order valence-corrected chi connectivity index (χ3v) is 3.65. The van der Waals surface area contributed by atoms with E-state index in [0.717, 1.165) is 13.0 Å². The topological polar surface area (TPSA) is 0 Å². The molecule has 0 radical (unpaired) electrons. The summed E-state index contributed by atoms with van der Waals surface area (Å²) < 4.78 is 98.5. The molecular formula is C27H34F8. The molecule has 3 aromatic rings. The highest BCUT2D eigenvalue weighted by atomic mass is 19.2. The lowest BCUT2D eigenvalue weighted by Crippen LogP contribution is -2.03. The summed E-state index contributed by atoms with van der Waals surface area (Å²) in [7, 11) is 0. The van der Waals surface area contributed by atoms with E-state index in [1.807, 2.05) is 47.6 Å². The largest absolute Gasteiger partial charge is 0.207 e. The molecule has 198 valence electrons. The summed E-state index contributed by atoms with van der Waals surface area (Å²) in [4.78, 5) is 0. The first-order chi connectivity index (χ1) is 16.5. The van der Waals surface area contributed by atoms with Gasteiger partial charge in [-0.2, -0.15) is 0 Å². The van der Waals surface area contributed by atoms with Crippen LogP contribution in [-0.2, 0) is 0 Å². The molecule has 0 atom stereocenters. The van der Waals surface area contributed by atoms with Gasteiger partial charge in [-0.15, -0.1) is 0 Å². The molecule has 35 heavy (non-hydrogen) atoms. The van der Waals surface area contributed by atoms with E-state index >= 15 is 0 Å². The number of benzene rings is 3. The van der Waals surface area contributed by atoms with E-state index in [1.54, 1.807) is 19.1 Å². The van der Waals surface area contributed by atoms with Crippen LogP contribution in [0.1, 0.15) is 58.2 Å². The van der Waals surface area contributed by atoms with Gasteiger partial charge >= 0.3 is 0 Å². The van der Waals surface area contributed by atoms with Crippen molar-refractivity contribution in [1.29, 1.82) is 0 Å². The number of hydrogen-bond acceptors (Lipinski definition) is 0. The van der Waals surface area contributed by atoms with Gasteiger partial charge in [-0.25, -0.2) is 35.1 Å². The van der Waals surface area contributed by atoms with Gasteiger partial charge in [0.1, 0.15) is 5.82 Å². The van der Waals surface area contributed by atoms with Crippen LogP contribution in [0.15, 0.2) is 42.5 Å². The van der Waals surface area contributed by atoms with Gasteiger partial charge in [-0.05, 0) is 44.0 Å². The van der Waals surface area contributed by atoms with Gasteiger partial charge in [0.15, 0.2) is 34.9 Å². The SMILES string of the molecule is CC.CC.CC.Cc1c(F)c(F)c(F)c(F)c1F.Cc1cccc(F)c1F.Cc1ccccc1F. The molecule has 0 N–H and O–H groups in total. The van der Waals surface area contributed by atoms with E-state index in [2.05, 4.69) is 0 Å². The van der Waals surface area contributed by atoms with Crippen molar-refractivity contribution in [3.8, 4) is 0 Å². The molecule has 8 heteroatoms. The highest BCUT2D eigenvalue weighted by Crippen LogP contribution is 2.21. The minimum atomic E-state index is -2.13. The molecule has 0 aliphatic heterocycles. The van der Waals surface area contributed by atoms with Gasteiger partial charge in [0.05, 0.1) is 0 Å². The molecule has 3 rings (SSSR count). The molecular weight excluding hydrogens is 476 g/mol. The number of hydrogen-bond donors (Lipinski definition) is 0. The Morgan fingerprint density at radius 2 is 0.714 bits per heavy atom. The zero-order valence-corrected chi connectivity index (χ0v) is 21.6. The van der Waals surface area contributed by atoms with Crippen LogP contribution in [0, 0.1) is 67.3 Å². The average Bonchev–Trinajstić information content (AvgIpc) is 2.90. The highest BCUT2D eigenvalue weighted by Gasteiger charge is 2.22. The van der Waals surface area contributed by atoms with Crippen LogP contribution in [0.2, 0.25) is 0 Å². The van der Waals surface area contributed by atoms with Crippen molar-refractivity contribution in [1.82, 2.24) is 0 Å². The second-order valence-corrected chi connectivity index (χ2v) is 5.81. The molecule has 0 saturated heterocycles. The Bertz CT molecular complexity index is 839. The zero-order chi connectivity index (χ0) is 28.3. The first-order valence-electron chi connectivity index (χ1n) is 11.1.